The molecule has 0 aliphatic carbocycles. The largest absolute Gasteiger partial charge is 0.416 e. The predicted molar refractivity (Wildman–Crippen MR) is 108 cm³/mol. The number of nitrogens with zero attached hydrogens (tertiary/aromatic N) is 3. The van der Waals surface area contributed by atoms with Crippen LogP contribution in [0.15, 0.2) is 59.9 Å². The summed E-state index contributed by atoms with van der Waals surface area (Å²) < 4.78 is 43.1. The van der Waals surface area contributed by atoms with Gasteiger partial charge in [-0.3, -0.25) is 9.69 Å². The van der Waals surface area contributed by atoms with E-state index in [2.05, 4.69) is 11.4 Å². The number of ether oxygens (including phenoxy) is 1. The lowest BCUT2D eigenvalue weighted by Gasteiger charge is -2.29. The third-order valence-electron chi connectivity index (χ3n) is 5.01. The van der Waals surface area contributed by atoms with Crippen LogP contribution in [0.25, 0.3) is 0 Å². The minimum atomic E-state index is -4.42. The Morgan fingerprint density at radius 1 is 1.12 bits per heavy atom. The Kier molecular flexibility index (Phi) is 7.14. The van der Waals surface area contributed by atoms with Gasteiger partial charge in [0.15, 0.2) is 0 Å². The molecule has 1 heterocycles. The van der Waals surface area contributed by atoms with Crippen molar-refractivity contribution in [1.82, 2.24) is 10.2 Å². The summed E-state index contributed by atoms with van der Waals surface area (Å²) in [5.74, 6) is -0.176. The van der Waals surface area contributed by atoms with E-state index in [-0.39, 0.29) is 18.8 Å². The molecule has 164 valence electrons. The molecule has 6 nitrogen and oxygen atoms in total. The zero-order chi connectivity index (χ0) is 23.1. The maximum atomic E-state index is 12.8. The van der Waals surface area contributed by atoms with Crippen molar-refractivity contribution in [3.05, 3.63) is 82.1 Å². The van der Waals surface area contributed by atoms with Crippen LogP contribution in [-0.2, 0) is 28.8 Å². The highest BCUT2D eigenvalue weighted by Gasteiger charge is 2.30. The van der Waals surface area contributed by atoms with Crippen molar-refractivity contribution < 1.29 is 22.7 Å². The van der Waals surface area contributed by atoms with Gasteiger partial charge in [0, 0.05) is 32.6 Å². The monoisotopic (exact) mass is 440 g/mol. The van der Waals surface area contributed by atoms with Crippen LogP contribution >= 0.6 is 0 Å². The molecular weight excluding hydrogens is 421 g/mol. The SMILES string of the molecule is N#COC1=C(C(=O)NCc2ccc(C(F)(F)F)cc2)CN(Cc2cccc(C#N)c2)CC1. The first-order chi connectivity index (χ1) is 15.3. The van der Waals surface area contributed by atoms with Crippen LogP contribution in [0.2, 0.25) is 0 Å². The first-order valence-corrected chi connectivity index (χ1v) is 9.74. The molecule has 1 amide bonds. The number of alkyl halides is 3. The number of carbonyl (C=O) groups is 1. The van der Waals surface area contributed by atoms with Crippen LogP contribution in [0.5, 0.6) is 0 Å². The molecule has 1 N–H and O–H groups in total. The molecule has 0 atom stereocenters. The number of halogens is 3. The molecular formula is C23H19F3N4O2. The Morgan fingerprint density at radius 2 is 1.88 bits per heavy atom. The smallest absolute Gasteiger partial charge is 0.392 e. The standard InChI is InChI=1S/C23H19F3N4O2/c24-23(25,26)19-6-4-16(5-7-19)12-29-22(31)20-14-30(9-8-21(20)32-15-28)13-18-3-1-2-17(10-18)11-27/h1-7,10H,8-9,12-14H2,(H,29,31). The molecule has 0 saturated carbocycles. The van der Waals surface area contributed by atoms with Gasteiger partial charge in [0.1, 0.15) is 5.76 Å². The van der Waals surface area contributed by atoms with Crippen molar-refractivity contribution in [3.63, 3.8) is 0 Å². The van der Waals surface area contributed by atoms with Crippen molar-refractivity contribution in [3.8, 4) is 12.3 Å². The van der Waals surface area contributed by atoms with Crippen molar-refractivity contribution in [2.24, 2.45) is 0 Å². The Bertz CT molecular complexity index is 1100. The molecule has 0 radical (unpaired) electrons. The van der Waals surface area contributed by atoms with Gasteiger partial charge in [-0.2, -0.15) is 18.4 Å². The zero-order valence-corrected chi connectivity index (χ0v) is 16.9. The summed E-state index contributed by atoms with van der Waals surface area (Å²) in [4.78, 5) is 14.8. The second kappa shape index (κ2) is 9.99. The van der Waals surface area contributed by atoms with Gasteiger partial charge in [-0.25, -0.2) is 0 Å². The second-order valence-electron chi connectivity index (χ2n) is 7.25. The Hall–Kier alpha value is -3.82. The first-order valence-electron chi connectivity index (χ1n) is 9.74. The van der Waals surface area contributed by atoms with Crippen LogP contribution in [0.1, 0.15) is 28.7 Å². The average Bonchev–Trinajstić information content (AvgIpc) is 2.78. The predicted octanol–water partition coefficient (Wildman–Crippen LogP) is 3.85. The number of hydrogen-bond donors (Lipinski definition) is 1. The molecule has 0 fully saturated rings. The van der Waals surface area contributed by atoms with E-state index in [1.807, 2.05) is 11.0 Å². The van der Waals surface area contributed by atoms with E-state index in [1.54, 1.807) is 24.5 Å². The van der Waals surface area contributed by atoms with Gasteiger partial charge in [-0.05, 0) is 35.4 Å². The lowest BCUT2D eigenvalue weighted by atomic mass is 10.0. The number of rotatable bonds is 6. The topological polar surface area (TPSA) is 89.2 Å². The molecule has 2 aromatic rings. The molecule has 9 heteroatoms. The van der Waals surface area contributed by atoms with Gasteiger partial charge in [0.25, 0.3) is 12.2 Å². The normalized spacial score (nSPS) is 14.4. The average molecular weight is 440 g/mol. The van der Waals surface area contributed by atoms with Crippen molar-refractivity contribution in [2.45, 2.75) is 25.7 Å². The number of nitriles is 2. The maximum Gasteiger partial charge on any atom is 0.416 e. The highest BCUT2D eigenvalue weighted by molar-refractivity contribution is 5.94. The summed E-state index contributed by atoms with van der Waals surface area (Å²) in [7, 11) is 0. The first kappa shape index (κ1) is 22.9. The Labute approximate surface area is 183 Å². The summed E-state index contributed by atoms with van der Waals surface area (Å²) in [5, 5.41) is 20.6. The Morgan fingerprint density at radius 3 is 2.53 bits per heavy atom. The third kappa shape index (κ3) is 5.87. The van der Waals surface area contributed by atoms with Gasteiger partial charge < -0.3 is 10.1 Å². The molecule has 3 rings (SSSR count). The van der Waals surface area contributed by atoms with Crippen LogP contribution < -0.4 is 5.32 Å². The van der Waals surface area contributed by atoms with E-state index in [0.29, 0.717) is 36.2 Å². The van der Waals surface area contributed by atoms with Gasteiger partial charge in [-0.1, -0.05) is 24.3 Å². The molecule has 0 saturated heterocycles. The molecule has 0 bridgehead atoms. The molecule has 0 aromatic heterocycles. The summed E-state index contributed by atoms with van der Waals surface area (Å²) in [6, 6.07) is 13.8. The fourth-order valence-corrected chi connectivity index (χ4v) is 3.40. The van der Waals surface area contributed by atoms with Crippen LogP contribution in [0.4, 0.5) is 13.2 Å². The fraction of sp³-hybridized carbons (Fsp3) is 0.261. The molecule has 32 heavy (non-hydrogen) atoms. The van der Waals surface area contributed by atoms with E-state index in [0.717, 1.165) is 17.7 Å². The lowest BCUT2D eigenvalue weighted by Crippen LogP contribution is -2.38. The number of carbonyl (C=O) groups excluding carboxylic acids is 1. The van der Waals surface area contributed by atoms with Crippen LogP contribution in [0, 0.1) is 22.8 Å². The van der Waals surface area contributed by atoms with Gasteiger partial charge in [0.2, 0.25) is 0 Å². The number of benzene rings is 2. The lowest BCUT2D eigenvalue weighted by molar-refractivity contribution is -0.137. The highest BCUT2D eigenvalue weighted by Crippen LogP contribution is 2.29. The molecule has 0 unspecified atom stereocenters. The van der Waals surface area contributed by atoms with Crippen molar-refractivity contribution >= 4 is 5.91 Å². The number of hydrogen-bond acceptors (Lipinski definition) is 5. The molecule has 2 aromatic carbocycles. The summed E-state index contributed by atoms with van der Waals surface area (Å²) in [6.07, 6.45) is -2.47. The zero-order valence-electron chi connectivity index (χ0n) is 16.9. The summed E-state index contributed by atoms with van der Waals surface area (Å²) in [6.45, 7) is 1.33. The summed E-state index contributed by atoms with van der Waals surface area (Å²) in [5.41, 5.74) is 1.50. The van der Waals surface area contributed by atoms with Crippen molar-refractivity contribution in [1.29, 1.82) is 10.5 Å². The van der Waals surface area contributed by atoms with Crippen molar-refractivity contribution in [2.75, 3.05) is 13.1 Å². The third-order valence-corrected chi connectivity index (χ3v) is 5.01. The van der Waals surface area contributed by atoms with E-state index >= 15 is 0 Å². The fourth-order valence-electron chi connectivity index (χ4n) is 3.40. The molecule has 0 spiro atoms. The minimum Gasteiger partial charge on any atom is -0.392 e. The molecule has 1 aliphatic heterocycles. The maximum absolute atomic E-state index is 12.8. The number of nitrogens with one attached hydrogen (secondary N) is 1. The highest BCUT2D eigenvalue weighted by atomic mass is 19.4. The van der Waals surface area contributed by atoms with E-state index in [9.17, 15) is 18.0 Å². The number of amides is 1. The second-order valence-corrected chi connectivity index (χ2v) is 7.25. The van der Waals surface area contributed by atoms with E-state index < -0.39 is 17.6 Å². The van der Waals surface area contributed by atoms with E-state index in [1.165, 1.54) is 12.1 Å². The summed E-state index contributed by atoms with van der Waals surface area (Å²) >= 11 is 0. The quantitative estimate of drug-likeness (QED) is 0.690. The molecule has 1 aliphatic rings. The van der Waals surface area contributed by atoms with E-state index in [4.69, 9.17) is 15.3 Å². The Balaban J connectivity index is 1.67. The van der Waals surface area contributed by atoms with Gasteiger partial charge in [0.05, 0.1) is 22.8 Å². The van der Waals surface area contributed by atoms with Gasteiger partial charge >= 0.3 is 6.18 Å². The minimum absolute atomic E-state index is 0.0323. The van der Waals surface area contributed by atoms with Crippen LogP contribution in [-0.4, -0.2) is 23.9 Å². The van der Waals surface area contributed by atoms with Crippen LogP contribution in [0.3, 0.4) is 0 Å². The van der Waals surface area contributed by atoms with Gasteiger partial charge in [-0.15, -0.1) is 5.26 Å².